The average molecular weight is 241 g/mol. The maximum absolute atomic E-state index is 12.1. The van der Waals surface area contributed by atoms with Gasteiger partial charge in [0.1, 0.15) is 0 Å². The van der Waals surface area contributed by atoms with Gasteiger partial charge >= 0.3 is 0 Å². The Bertz CT molecular complexity index is 225. The van der Waals surface area contributed by atoms with Gasteiger partial charge < -0.3 is 15.1 Å². The molecule has 0 aliphatic carbocycles. The van der Waals surface area contributed by atoms with E-state index in [4.69, 9.17) is 0 Å². The zero-order chi connectivity index (χ0) is 12.7. The van der Waals surface area contributed by atoms with Gasteiger partial charge in [0.15, 0.2) is 0 Å². The minimum absolute atomic E-state index is 0.274. The van der Waals surface area contributed by atoms with Crippen molar-refractivity contribution in [3.8, 4) is 0 Å². The van der Waals surface area contributed by atoms with Crippen LogP contribution in [0.3, 0.4) is 0 Å². The molecule has 1 rings (SSSR count). The monoisotopic (exact) mass is 241 g/mol. The predicted molar refractivity (Wildman–Crippen MR) is 71.0 cm³/mol. The third-order valence-electron chi connectivity index (χ3n) is 3.24. The van der Waals surface area contributed by atoms with Crippen LogP contribution in [0.1, 0.15) is 26.2 Å². The number of nitrogens with one attached hydrogen (secondary N) is 1. The molecule has 1 heterocycles. The summed E-state index contributed by atoms with van der Waals surface area (Å²) < 4.78 is 0. The van der Waals surface area contributed by atoms with Crippen LogP contribution in [0.15, 0.2) is 0 Å². The van der Waals surface area contributed by atoms with E-state index in [0.717, 1.165) is 32.6 Å². The highest BCUT2D eigenvalue weighted by atomic mass is 16.2. The molecule has 1 amide bonds. The summed E-state index contributed by atoms with van der Waals surface area (Å²) in [5, 5.41) is 3.37. The van der Waals surface area contributed by atoms with E-state index in [9.17, 15) is 4.79 Å². The third kappa shape index (κ3) is 5.50. The van der Waals surface area contributed by atoms with Crippen LogP contribution in [-0.2, 0) is 4.79 Å². The van der Waals surface area contributed by atoms with Gasteiger partial charge in [0.05, 0.1) is 6.54 Å². The normalized spacial score (nSPS) is 17.4. The molecule has 0 radical (unpaired) electrons. The maximum Gasteiger partial charge on any atom is 0.236 e. The van der Waals surface area contributed by atoms with Gasteiger partial charge in [0.2, 0.25) is 5.91 Å². The van der Waals surface area contributed by atoms with Crippen LogP contribution in [0.2, 0.25) is 0 Å². The molecule has 4 nitrogen and oxygen atoms in total. The number of likely N-dealkylation sites (N-methyl/N-ethyl adjacent to an activating group) is 1. The number of rotatable bonds is 6. The molecule has 1 fully saturated rings. The standard InChI is InChI=1S/C13H27N3O/c1-4-9-16(13(17)11-15(2)3)10-12-5-7-14-8-6-12/h12,14H,4-11H2,1-3H3. The van der Waals surface area contributed by atoms with E-state index in [-0.39, 0.29) is 5.91 Å². The molecule has 0 aromatic heterocycles. The minimum Gasteiger partial charge on any atom is -0.341 e. The topological polar surface area (TPSA) is 35.6 Å². The van der Waals surface area contributed by atoms with Gasteiger partial charge in [0.25, 0.3) is 0 Å². The van der Waals surface area contributed by atoms with Gasteiger partial charge in [-0.1, -0.05) is 6.92 Å². The molecule has 0 aromatic carbocycles. The molecule has 0 aromatic rings. The minimum atomic E-state index is 0.274. The molecule has 0 unspecified atom stereocenters. The Kier molecular flexibility index (Phi) is 6.52. The summed E-state index contributed by atoms with van der Waals surface area (Å²) in [6.45, 7) is 6.72. The van der Waals surface area contributed by atoms with Crippen LogP contribution in [0.5, 0.6) is 0 Å². The van der Waals surface area contributed by atoms with Crippen molar-refractivity contribution in [1.29, 1.82) is 0 Å². The number of piperidine rings is 1. The van der Waals surface area contributed by atoms with Crippen molar-refractivity contribution in [1.82, 2.24) is 15.1 Å². The highest BCUT2D eigenvalue weighted by Crippen LogP contribution is 2.13. The number of nitrogens with zero attached hydrogens (tertiary/aromatic N) is 2. The molecule has 1 N–H and O–H groups in total. The summed E-state index contributed by atoms with van der Waals surface area (Å²) in [6.07, 6.45) is 3.45. The molecule has 1 aliphatic rings. The van der Waals surface area contributed by atoms with Crippen molar-refractivity contribution in [3.05, 3.63) is 0 Å². The summed E-state index contributed by atoms with van der Waals surface area (Å²) in [5.74, 6) is 0.962. The Morgan fingerprint density at radius 1 is 1.29 bits per heavy atom. The molecule has 4 heteroatoms. The number of hydrogen-bond acceptors (Lipinski definition) is 3. The van der Waals surface area contributed by atoms with E-state index in [2.05, 4.69) is 17.1 Å². The van der Waals surface area contributed by atoms with E-state index in [0.29, 0.717) is 12.5 Å². The zero-order valence-corrected chi connectivity index (χ0v) is 11.5. The van der Waals surface area contributed by atoms with Gasteiger partial charge in [0, 0.05) is 13.1 Å². The maximum atomic E-state index is 12.1. The smallest absolute Gasteiger partial charge is 0.236 e. The fourth-order valence-corrected chi connectivity index (χ4v) is 2.33. The lowest BCUT2D eigenvalue weighted by Gasteiger charge is -2.30. The highest BCUT2D eigenvalue weighted by Gasteiger charge is 2.20. The predicted octanol–water partition coefficient (Wildman–Crippen LogP) is 0.786. The lowest BCUT2D eigenvalue weighted by molar-refractivity contribution is -0.132. The Hall–Kier alpha value is -0.610. The molecule has 0 spiro atoms. The quantitative estimate of drug-likeness (QED) is 0.747. The first-order valence-corrected chi connectivity index (χ1v) is 6.76. The largest absolute Gasteiger partial charge is 0.341 e. The first-order valence-electron chi connectivity index (χ1n) is 6.76. The fourth-order valence-electron chi connectivity index (χ4n) is 2.33. The molecular weight excluding hydrogens is 214 g/mol. The van der Waals surface area contributed by atoms with Crippen molar-refractivity contribution in [2.45, 2.75) is 26.2 Å². The summed E-state index contributed by atoms with van der Waals surface area (Å²) in [5.41, 5.74) is 0. The van der Waals surface area contributed by atoms with Crippen LogP contribution in [0, 0.1) is 5.92 Å². The molecule has 17 heavy (non-hydrogen) atoms. The first kappa shape index (κ1) is 14.5. The lowest BCUT2D eigenvalue weighted by atomic mass is 9.97. The van der Waals surface area contributed by atoms with E-state index in [1.807, 2.05) is 19.0 Å². The Morgan fingerprint density at radius 2 is 1.94 bits per heavy atom. The highest BCUT2D eigenvalue weighted by molar-refractivity contribution is 5.78. The lowest BCUT2D eigenvalue weighted by Crippen LogP contribution is -2.43. The van der Waals surface area contributed by atoms with Gasteiger partial charge in [-0.25, -0.2) is 0 Å². The van der Waals surface area contributed by atoms with Gasteiger partial charge in [-0.3, -0.25) is 4.79 Å². The molecule has 0 atom stereocenters. The van der Waals surface area contributed by atoms with E-state index < -0.39 is 0 Å². The van der Waals surface area contributed by atoms with Crippen LogP contribution < -0.4 is 5.32 Å². The fraction of sp³-hybridized carbons (Fsp3) is 0.923. The summed E-state index contributed by atoms with van der Waals surface area (Å²) >= 11 is 0. The number of amides is 1. The summed E-state index contributed by atoms with van der Waals surface area (Å²) in [4.78, 5) is 16.1. The second-order valence-corrected chi connectivity index (χ2v) is 5.27. The number of carbonyl (C=O) groups is 1. The number of carbonyl (C=O) groups excluding carboxylic acids is 1. The van der Waals surface area contributed by atoms with Crippen LogP contribution in [0.25, 0.3) is 0 Å². The van der Waals surface area contributed by atoms with Crippen molar-refractivity contribution < 1.29 is 4.79 Å². The molecule has 100 valence electrons. The average Bonchev–Trinajstić information content (AvgIpc) is 2.29. The second-order valence-electron chi connectivity index (χ2n) is 5.27. The van der Waals surface area contributed by atoms with Crippen LogP contribution in [0.4, 0.5) is 0 Å². The van der Waals surface area contributed by atoms with Crippen LogP contribution in [-0.4, -0.2) is 62.5 Å². The van der Waals surface area contributed by atoms with Crippen LogP contribution >= 0.6 is 0 Å². The Labute approximate surface area is 105 Å². The molecule has 1 aliphatic heterocycles. The summed E-state index contributed by atoms with van der Waals surface area (Å²) in [6, 6.07) is 0. The van der Waals surface area contributed by atoms with E-state index >= 15 is 0 Å². The van der Waals surface area contributed by atoms with Crippen molar-refractivity contribution in [2.24, 2.45) is 5.92 Å². The Balaban J connectivity index is 2.43. The van der Waals surface area contributed by atoms with Gasteiger partial charge in [-0.05, 0) is 52.4 Å². The zero-order valence-electron chi connectivity index (χ0n) is 11.5. The SMILES string of the molecule is CCCN(CC1CCNCC1)C(=O)CN(C)C. The summed E-state index contributed by atoms with van der Waals surface area (Å²) in [7, 11) is 3.90. The van der Waals surface area contributed by atoms with E-state index in [1.165, 1.54) is 12.8 Å². The molecular formula is C13H27N3O. The molecule has 0 bridgehead atoms. The molecule has 1 saturated heterocycles. The third-order valence-corrected chi connectivity index (χ3v) is 3.24. The Morgan fingerprint density at radius 3 is 2.47 bits per heavy atom. The van der Waals surface area contributed by atoms with Crippen molar-refractivity contribution in [2.75, 3.05) is 46.8 Å². The van der Waals surface area contributed by atoms with Gasteiger partial charge in [-0.15, -0.1) is 0 Å². The second kappa shape index (κ2) is 7.67. The van der Waals surface area contributed by atoms with Crippen molar-refractivity contribution >= 4 is 5.91 Å². The van der Waals surface area contributed by atoms with Crippen molar-refractivity contribution in [3.63, 3.8) is 0 Å². The number of hydrogen-bond donors (Lipinski definition) is 1. The first-order chi connectivity index (χ1) is 8.13. The van der Waals surface area contributed by atoms with E-state index in [1.54, 1.807) is 0 Å². The van der Waals surface area contributed by atoms with Gasteiger partial charge in [-0.2, -0.15) is 0 Å². The molecule has 0 saturated carbocycles.